The van der Waals surface area contributed by atoms with E-state index in [2.05, 4.69) is 20.4 Å². The highest BCUT2D eigenvalue weighted by Gasteiger charge is 2.13. The van der Waals surface area contributed by atoms with Crippen molar-refractivity contribution in [1.29, 1.82) is 0 Å². The number of amides is 1. The van der Waals surface area contributed by atoms with E-state index in [1.807, 2.05) is 66.4 Å². The van der Waals surface area contributed by atoms with Gasteiger partial charge in [-0.15, -0.1) is 0 Å². The van der Waals surface area contributed by atoms with Gasteiger partial charge in [0.15, 0.2) is 0 Å². The van der Waals surface area contributed by atoms with E-state index in [1.165, 1.54) is 0 Å². The summed E-state index contributed by atoms with van der Waals surface area (Å²) in [5.41, 5.74) is 2.35. The predicted molar refractivity (Wildman–Crippen MR) is 99.5 cm³/mol. The normalized spacial score (nSPS) is 15.5. The molecule has 1 aliphatic heterocycles. The molecule has 1 aliphatic rings. The number of benzene rings is 2. The van der Waals surface area contributed by atoms with Crippen LogP contribution in [0.15, 0.2) is 64.8 Å². The Morgan fingerprint density at radius 3 is 2.25 bits per heavy atom. The maximum absolute atomic E-state index is 12.1. The van der Waals surface area contributed by atoms with Gasteiger partial charge in [-0.3, -0.25) is 9.69 Å². The summed E-state index contributed by atoms with van der Waals surface area (Å²) in [5, 5.41) is 11.3. The predicted octanol–water partition coefficient (Wildman–Crippen LogP) is 4.09. The van der Waals surface area contributed by atoms with Crippen LogP contribution in [0.2, 0.25) is 0 Å². The van der Waals surface area contributed by atoms with Gasteiger partial charge in [-0.05, 0) is 36.4 Å². The minimum absolute atomic E-state index is 0.0283. The van der Waals surface area contributed by atoms with Crippen molar-refractivity contribution in [2.75, 3.05) is 36.5 Å². The highest BCUT2D eigenvalue weighted by Crippen LogP contribution is 2.20. The maximum Gasteiger partial charge on any atom is 0.238 e. The molecule has 0 bridgehead atoms. The van der Waals surface area contributed by atoms with Gasteiger partial charge >= 0.3 is 0 Å². The van der Waals surface area contributed by atoms with E-state index in [0.717, 1.165) is 41.7 Å². The largest absolute Gasteiger partial charge is 0.325 e. The number of thioether (sulfide) groups is 1. The van der Waals surface area contributed by atoms with Gasteiger partial charge in [0.05, 0.1) is 17.9 Å². The second-order valence-corrected chi connectivity index (χ2v) is 6.74. The molecular weight excluding hydrogens is 320 g/mol. The molecular formula is C18H20N4OS. The van der Waals surface area contributed by atoms with Gasteiger partial charge in [-0.25, -0.2) is 0 Å². The summed E-state index contributed by atoms with van der Waals surface area (Å²) in [6, 6.07) is 17.0. The molecule has 24 heavy (non-hydrogen) atoms. The molecule has 0 radical (unpaired) electrons. The molecule has 1 N–H and O–H groups in total. The fourth-order valence-corrected chi connectivity index (χ4v) is 3.36. The fraction of sp³-hybridized carbons (Fsp3) is 0.278. The first-order valence-corrected chi connectivity index (χ1v) is 9.12. The summed E-state index contributed by atoms with van der Waals surface area (Å²) < 4.78 is 0. The molecule has 3 rings (SSSR count). The molecule has 0 spiro atoms. The summed E-state index contributed by atoms with van der Waals surface area (Å²) in [6.45, 7) is 2.42. The summed E-state index contributed by atoms with van der Waals surface area (Å²) in [6.07, 6.45) is 0. The zero-order valence-corrected chi connectivity index (χ0v) is 14.2. The number of carbonyl (C=O) groups is 1. The van der Waals surface area contributed by atoms with Gasteiger partial charge in [0.1, 0.15) is 0 Å². The number of hydrogen-bond donors (Lipinski definition) is 1. The number of nitrogens with one attached hydrogen (secondary N) is 1. The Morgan fingerprint density at radius 2 is 1.58 bits per heavy atom. The van der Waals surface area contributed by atoms with Crippen LogP contribution in [0.25, 0.3) is 0 Å². The van der Waals surface area contributed by atoms with Crippen LogP contribution in [0, 0.1) is 0 Å². The van der Waals surface area contributed by atoms with E-state index in [4.69, 9.17) is 0 Å². The first-order valence-electron chi connectivity index (χ1n) is 7.96. The molecule has 5 nitrogen and oxygen atoms in total. The van der Waals surface area contributed by atoms with Gasteiger partial charge in [-0.1, -0.05) is 18.2 Å². The monoisotopic (exact) mass is 340 g/mol. The molecule has 1 amide bonds. The fourth-order valence-electron chi connectivity index (χ4n) is 2.38. The Morgan fingerprint density at radius 1 is 0.958 bits per heavy atom. The third kappa shape index (κ3) is 5.18. The molecule has 0 unspecified atom stereocenters. The van der Waals surface area contributed by atoms with Gasteiger partial charge in [0.2, 0.25) is 5.91 Å². The molecule has 6 heteroatoms. The number of anilines is 1. The second-order valence-electron chi connectivity index (χ2n) is 5.52. The minimum Gasteiger partial charge on any atom is -0.325 e. The Hall–Kier alpha value is -2.18. The van der Waals surface area contributed by atoms with Crippen LogP contribution in [0.3, 0.4) is 0 Å². The lowest BCUT2D eigenvalue weighted by atomic mass is 10.3. The van der Waals surface area contributed by atoms with Crippen LogP contribution in [-0.2, 0) is 4.79 Å². The first kappa shape index (κ1) is 16.7. The van der Waals surface area contributed by atoms with E-state index in [1.54, 1.807) is 0 Å². The van der Waals surface area contributed by atoms with Gasteiger partial charge in [-0.2, -0.15) is 22.0 Å². The third-order valence-corrected chi connectivity index (χ3v) is 4.60. The number of hydrogen-bond acceptors (Lipinski definition) is 5. The molecule has 2 aromatic carbocycles. The van der Waals surface area contributed by atoms with E-state index >= 15 is 0 Å². The van der Waals surface area contributed by atoms with Crippen molar-refractivity contribution in [3.05, 3.63) is 54.6 Å². The van der Waals surface area contributed by atoms with Crippen molar-refractivity contribution in [3.63, 3.8) is 0 Å². The Balaban J connectivity index is 1.52. The third-order valence-electron chi connectivity index (χ3n) is 3.66. The van der Waals surface area contributed by atoms with Crippen molar-refractivity contribution >= 4 is 34.7 Å². The van der Waals surface area contributed by atoms with Gasteiger partial charge < -0.3 is 5.32 Å². The lowest BCUT2D eigenvalue weighted by molar-refractivity contribution is -0.117. The molecule has 1 fully saturated rings. The number of azo groups is 1. The highest BCUT2D eigenvalue weighted by atomic mass is 32.2. The lowest BCUT2D eigenvalue weighted by Gasteiger charge is -2.25. The van der Waals surface area contributed by atoms with Gasteiger partial charge in [0.25, 0.3) is 0 Å². The molecule has 0 saturated carbocycles. The first-order chi connectivity index (χ1) is 11.8. The smallest absolute Gasteiger partial charge is 0.238 e. The number of nitrogens with zero attached hydrogens (tertiary/aromatic N) is 3. The van der Waals surface area contributed by atoms with E-state index in [9.17, 15) is 4.79 Å². The summed E-state index contributed by atoms with van der Waals surface area (Å²) in [5.74, 6) is 2.24. The zero-order chi connectivity index (χ0) is 16.6. The standard InChI is InChI=1S/C18H20N4OS/c23-18(14-22-10-12-24-13-11-22)19-15-6-8-17(9-7-15)21-20-16-4-2-1-3-5-16/h1-9H,10-14H2,(H,19,23). The minimum atomic E-state index is 0.0283. The van der Waals surface area contributed by atoms with Crippen molar-refractivity contribution in [2.45, 2.75) is 0 Å². The van der Waals surface area contributed by atoms with Crippen LogP contribution in [-0.4, -0.2) is 41.9 Å². The maximum atomic E-state index is 12.1. The SMILES string of the molecule is O=C(CN1CCSCC1)Nc1ccc(N=Nc2ccccc2)cc1. The van der Waals surface area contributed by atoms with Crippen LogP contribution in [0.4, 0.5) is 17.1 Å². The Labute approximate surface area is 146 Å². The number of carbonyl (C=O) groups excluding carboxylic acids is 1. The molecule has 124 valence electrons. The van der Waals surface area contributed by atoms with Crippen molar-refractivity contribution < 1.29 is 4.79 Å². The summed E-state index contributed by atoms with van der Waals surface area (Å²) in [4.78, 5) is 14.3. The molecule has 1 heterocycles. The second kappa shape index (κ2) is 8.61. The average molecular weight is 340 g/mol. The van der Waals surface area contributed by atoms with Gasteiger partial charge in [0, 0.05) is 30.3 Å². The van der Waals surface area contributed by atoms with Crippen molar-refractivity contribution in [1.82, 2.24) is 4.90 Å². The Bertz CT molecular complexity index is 682. The summed E-state index contributed by atoms with van der Waals surface area (Å²) >= 11 is 1.94. The van der Waals surface area contributed by atoms with E-state index < -0.39 is 0 Å². The van der Waals surface area contributed by atoms with Crippen LogP contribution < -0.4 is 5.32 Å². The van der Waals surface area contributed by atoms with Crippen molar-refractivity contribution in [2.24, 2.45) is 10.2 Å². The lowest BCUT2D eigenvalue weighted by Crippen LogP contribution is -2.38. The van der Waals surface area contributed by atoms with Crippen LogP contribution in [0.5, 0.6) is 0 Å². The average Bonchev–Trinajstić information content (AvgIpc) is 2.63. The van der Waals surface area contributed by atoms with Crippen LogP contribution >= 0.6 is 11.8 Å². The van der Waals surface area contributed by atoms with E-state index in [-0.39, 0.29) is 5.91 Å². The molecule has 0 aromatic heterocycles. The summed E-state index contributed by atoms with van der Waals surface area (Å²) in [7, 11) is 0. The van der Waals surface area contributed by atoms with Crippen LogP contribution in [0.1, 0.15) is 0 Å². The van der Waals surface area contributed by atoms with Crippen molar-refractivity contribution in [3.8, 4) is 0 Å². The molecule has 0 atom stereocenters. The quantitative estimate of drug-likeness (QED) is 0.834. The topological polar surface area (TPSA) is 57.1 Å². The molecule has 0 aliphatic carbocycles. The highest BCUT2D eigenvalue weighted by molar-refractivity contribution is 7.99. The Kier molecular flexibility index (Phi) is 5.98. The zero-order valence-electron chi connectivity index (χ0n) is 13.4. The van der Waals surface area contributed by atoms with E-state index in [0.29, 0.717) is 6.54 Å². The number of rotatable bonds is 5. The molecule has 1 saturated heterocycles. The molecule has 2 aromatic rings.